The lowest BCUT2D eigenvalue weighted by atomic mass is 10.5. The normalized spacial score (nSPS) is 10.6. The van der Waals surface area contributed by atoms with Crippen LogP contribution >= 0.6 is 11.3 Å². The molecule has 0 N–H and O–H groups in total. The zero-order valence-electron chi connectivity index (χ0n) is 10.6. The Morgan fingerprint density at radius 2 is 2.29 bits per heavy atom. The Labute approximate surface area is 105 Å². The lowest BCUT2D eigenvalue weighted by Gasteiger charge is -2.16. The van der Waals surface area contributed by atoms with E-state index in [-0.39, 0.29) is 12.1 Å². The van der Waals surface area contributed by atoms with Crippen LogP contribution in [0.25, 0.3) is 0 Å². The second kappa shape index (κ2) is 6.56. The minimum Gasteiger partial charge on any atom is -0.465 e. The molecule has 1 aromatic heterocycles. The summed E-state index contributed by atoms with van der Waals surface area (Å²) in [4.78, 5) is 17.9. The molecule has 0 amide bonds. The molecule has 0 aliphatic carbocycles. The summed E-state index contributed by atoms with van der Waals surface area (Å²) in [6.07, 6.45) is 1.76. The summed E-state index contributed by atoms with van der Waals surface area (Å²) >= 11 is 1.32. The van der Waals surface area contributed by atoms with Crippen LogP contribution in [0.15, 0.2) is 6.20 Å². The molecule has 0 unspecified atom stereocenters. The highest BCUT2D eigenvalue weighted by molar-refractivity contribution is 7.17. The van der Waals surface area contributed by atoms with E-state index in [0.29, 0.717) is 11.5 Å². The Morgan fingerprint density at radius 3 is 2.88 bits per heavy atom. The Kier molecular flexibility index (Phi) is 5.37. The molecular formula is C11H18N2O3S. The number of hydrogen-bond donors (Lipinski definition) is 0. The summed E-state index contributed by atoms with van der Waals surface area (Å²) in [5, 5.41) is 0.790. The molecule has 0 fully saturated rings. The Morgan fingerprint density at radius 1 is 1.59 bits per heavy atom. The third-order valence-electron chi connectivity index (χ3n) is 2.08. The van der Waals surface area contributed by atoms with Crippen molar-refractivity contribution in [1.29, 1.82) is 0 Å². The lowest BCUT2D eigenvalue weighted by molar-refractivity contribution is 0.0606. The van der Waals surface area contributed by atoms with Crippen LogP contribution in [-0.4, -0.2) is 44.4 Å². The number of hydrogen-bond acceptors (Lipinski definition) is 6. The number of aromatic nitrogens is 1. The fourth-order valence-electron chi connectivity index (χ4n) is 1.16. The van der Waals surface area contributed by atoms with E-state index in [1.807, 2.05) is 25.8 Å². The molecular weight excluding hydrogens is 240 g/mol. The van der Waals surface area contributed by atoms with Gasteiger partial charge in [0.1, 0.15) is 4.88 Å². The topological polar surface area (TPSA) is 51.7 Å². The zero-order chi connectivity index (χ0) is 12.8. The second-order valence-electron chi connectivity index (χ2n) is 3.84. The first kappa shape index (κ1) is 13.9. The molecule has 1 rings (SSSR count). The molecule has 0 radical (unpaired) electrons. The van der Waals surface area contributed by atoms with Crippen LogP contribution in [0, 0.1) is 0 Å². The summed E-state index contributed by atoms with van der Waals surface area (Å²) in [6, 6.07) is 0. The van der Waals surface area contributed by atoms with Gasteiger partial charge in [-0.25, -0.2) is 9.78 Å². The van der Waals surface area contributed by atoms with Crippen molar-refractivity contribution in [3.8, 4) is 0 Å². The third-order valence-corrected chi connectivity index (χ3v) is 3.18. The fraction of sp³-hybridized carbons (Fsp3) is 0.636. The first-order valence-corrected chi connectivity index (χ1v) is 6.23. The summed E-state index contributed by atoms with van der Waals surface area (Å²) in [5.41, 5.74) is 0. The Bertz CT molecular complexity index is 365. The van der Waals surface area contributed by atoms with Crippen molar-refractivity contribution in [2.24, 2.45) is 0 Å². The van der Waals surface area contributed by atoms with Crippen molar-refractivity contribution >= 4 is 22.4 Å². The molecule has 0 saturated heterocycles. The fourth-order valence-corrected chi connectivity index (χ4v) is 1.98. The molecule has 96 valence electrons. The Balaban J connectivity index is 2.49. The van der Waals surface area contributed by atoms with E-state index in [4.69, 9.17) is 4.74 Å². The zero-order valence-corrected chi connectivity index (χ0v) is 11.4. The molecule has 0 saturated carbocycles. The number of anilines is 1. The van der Waals surface area contributed by atoms with Crippen molar-refractivity contribution in [1.82, 2.24) is 4.98 Å². The van der Waals surface area contributed by atoms with E-state index in [1.54, 1.807) is 0 Å². The smallest absolute Gasteiger partial charge is 0.349 e. The predicted octanol–water partition coefficient (Wildman–Crippen LogP) is 1.79. The van der Waals surface area contributed by atoms with Crippen LogP contribution < -0.4 is 4.90 Å². The van der Waals surface area contributed by atoms with Crippen LogP contribution in [-0.2, 0) is 9.47 Å². The number of thiazole rings is 1. The number of ether oxygens (including phenoxy) is 2. The molecule has 0 aliphatic rings. The highest BCUT2D eigenvalue weighted by Crippen LogP contribution is 2.21. The molecule has 0 spiro atoms. The summed E-state index contributed by atoms with van der Waals surface area (Å²) in [6.45, 7) is 5.38. The van der Waals surface area contributed by atoms with E-state index in [9.17, 15) is 4.79 Å². The van der Waals surface area contributed by atoms with Crippen molar-refractivity contribution < 1.29 is 14.3 Å². The molecule has 1 aromatic rings. The van der Waals surface area contributed by atoms with Crippen molar-refractivity contribution in [3.63, 3.8) is 0 Å². The molecule has 0 bridgehead atoms. The SMILES string of the molecule is COC(=O)c1cnc(N(C)CCOC(C)C)s1. The number of nitrogens with zero attached hydrogens (tertiary/aromatic N) is 2. The van der Waals surface area contributed by atoms with E-state index in [1.165, 1.54) is 24.6 Å². The minimum absolute atomic E-state index is 0.227. The van der Waals surface area contributed by atoms with Crippen LogP contribution in [0.1, 0.15) is 23.5 Å². The molecule has 1 heterocycles. The number of methoxy groups -OCH3 is 1. The number of likely N-dealkylation sites (N-methyl/N-ethyl adjacent to an activating group) is 1. The van der Waals surface area contributed by atoms with Gasteiger partial charge < -0.3 is 14.4 Å². The lowest BCUT2D eigenvalue weighted by Crippen LogP contribution is -2.23. The largest absolute Gasteiger partial charge is 0.465 e. The number of esters is 1. The van der Waals surface area contributed by atoms with Crippen LogP contribution in [0.4, 0.5) is 5.13 Å². The molecule has 6 heteroatoms. The van der Waals surface area contributed by atoms with Crippen LogP contribution in [0.2, 0.25) is 0 Å². The van der Waals surface area contributed by atoms with Gasteiger partial charge in [-0.15, -0.1) is 0 Å². The van der Waals surface area contributed by atoms with Crippen LogP contribution in [0.5, 0.6) is 0 Å². The minimum atomic E-state index is -0.347. The van der Waals surface area contributed by atoms with E-state index in [0.717, 1.165) is 11.7 Å². The van der Waals surface area contributed by atoms with Crippen LogP contribution in [0.3, 0.4) is 0 Å². The summed E-state index contributed by atoms with van der Waals surface area (Å²) < 4.78 is 10.1. The first-order valence-electron chi connectivity index (χ1n) is 5.41. The van der Waals surface area contributed by atoms with Crippen molar-refractivity contribution in [2.75, 3.05) is 32.2 Å². The first-order chi connectivity index (χ1) is 8.04. The van der Waals surface area contributed by atoms with Crippen molar-refractivity contribution in [3.05, 3.63) is 11.1 Å². The van der Waals surface area contributed by atoms with Gasteiger partial charge in [0.05, 0.1) is 26.0 Å². The molecule has 5 nitrogen and oxygen atoms in total. The maximum atomic E-state index is 11.3. The van der Waals surface area contributed by atoms with Crippen molar-refractivity contribution in [2.45, 2.75) is 20.0 Å². The molecule has 0 aromatic carbocycles. The third kappa shape index (κ3) is 4.32. The number of carbonyl (C=O) groups excluding carboxylic acids is 1. The standard InChI is InChI=1S/C11H18N2O3S/c1-8(2)16-6-5-13(3)11-12-7-9(17-11)10(14)15-4/h7-8H,5-6H2,1-4H3. The van der Waals surface area contributed by atoms with Gasteiger partial charge in [-0.1, -0.05) is 11.3 Å². The maximum Gasteiger partial charge on any atom is 0.349 e. The second-order valence-corrected chi connectivity index (χ2v) is 4.85. The average Bonchev–Trinajstić information content (AvgIpc) is 2.76. The molecule has 0 aliphatic heterocycles. The number of carbonyl (C=O) groups is 1. The Hall–Kier alpha value is -1.14. The van der Waals surface area contributed by atoms with E-state index >= 15 is 0 Å². The quantitative estimate of drug-likeness (QED) is 0.728. The van der Waals surface area contributed by atoms with Gasteiger partial charge >= 0.3 is 5.97 Å². The van der Waals surface area contributed by atoms with Gasteiger partial charge in [-0.05, 0) is 13.8 Å². The monoisotopic (exact) mass is 258 g/mol. The van der Waals surface area contributed by atoms with E-state index < -0.39 is 0 Å². The van der Waals surface area contributed by atoms with Gasteiger partial charge in [0.25, 0.3) is 0 Å². The summed E-state index contributed by atoms with van der Waals surface area (Å²) in [7, 11) is 3.28. The number of rotatable bonds is 6. The van der Waals surface area contributed by atoms with Gasteiger partial charge in [-0.3, -0.25) is 0 Å². The van der Waals surface area contributed by atoms with Gasteiger partial charge in [0, 0.05) is 13.6 Å². The summed E-state index contributed by atoms with van der Waals surface area (Å²) in [5.74, 6) is -0.347. The molecule has 0 atom stereocenters. The van der Waals surface area contributed by atoms with Gasteiger partial charge in [0.15, 0.2) is 5.13 Å². The van der Waals surface area contributed by atoms with Gasteiger partial charge in [0.2, 0.25) is 0 Å². The van der Waals surface area contributed by atoms with E-state index in [2.05, 4.69) is 9.72 Å². The maximum absolute atomic E-state index is 11.3. The predicted molar refractivity (Wildman–Crippen MR) is 67.8 cm³/mol. The highest BCUT2D eigenvalue weighted by Gasteiger charge is 2.12. The molecule has 17 heavy (non-hydrogen) atoms. The van der Waals surface area contributed by atoms with Gasteiger partial charge in [-0.2, -0.15) is 0 Å². The highest BCUT2D eigenvalue weighted by atomic mass is 32.1. The average molecular weight is 258 g/mol.